The summed E-state index contributed by atoms with van der Waals surface area (Å²) in [5, 5.41) is -0.486. The first kappa shape index (κ1) is 21.4. The van der Waals surface area contributed by atoms with Crippen LogP contribution in [0.5, 0.6) is 0 Å². The van der Waals surface area contributed by atoms with Gasteiger partial charge in [0.05, 0.1) is 10.1 Å². The number of piperidine rings is 1. The molecule has 156 valence electrons. The Bertz CT molecular complexity index is 929. The van der Waals surface area contributed by atoms with E-state index in [0.717, 1.165) is 18.7 Å². The van der Waals surface area contributed by atoms with Crippen LogP contribution in [0.1, 0.15) is 49.0 Å². The van der Waals surface area contributed by atoms with Gasteiger partial charge in [0.2, 0.25) is 0 Å². The Kier molecular flexibility index (Phi) is 6.63. The van der Waals surface area contributed by atoms with Gasteiger partial charge in [-0.15, -0.1) is 0 Å². The van der Waals surface area contributed by atoms with Crippen molar-refractivity contribution >= 4 is 21.4 Å². The number of sulfone groups is 1. The van der Waals surface area contributed by atoms with Crippen molar-refractivity contribution in [2.24, 2.45) is 0 Å². The van der Waals surface area contributed by atoms with E-state index in [4.69, 9.17) is 0 Å². The number of amides is 1. The molecule has 1 saturated heterocycles. The zero-order valence-corrected chi connectivity index (χ0v) is 18.3. The second-order valence-corrected chi connectivity index (χ2v) is 10.5. The van der Waals surface area contributed by atoms with Crippen molar-refractivity contribution in [3.63, 3.8) is 0 Å². The SMILES string of the molecule is CC(C)S(=O)(=O)c1ccc(C(=O)N(C)Cc2ccc(N3CCCCC3)cc2)cc1. The highest BCUT2D eigenvalue weighted by atomic mass is 32.2. The number of rotatable bonds is 6. The minimum atomic E-state index is -3.33. The third-order valence-electron chi connectivity index (χ3n) is 5.47. The van der Waals surface area contributed by atoms with Gasteiger partial charge in [0.15, 0.2) is 9.84 Å². The van der Waals surface area contributed by atoms with Gasteiger partial charge in [-0.05, 0) is 75.1 Å². The number of benzene rings is 2. The summed E-state index contributed by atoms with van der Waals surface area (Å²) in [6.45, 7) is 6.03. The number of nitrogens with zero attached hydrogens (tertiary/aromatic N) is 2. The summed E-state index contributed by atoms with van der Waals surface area (Å²) < 4.78 is 24.5. The summed E-state index contributed by atoms with van der Waals surface area (Å²) in [7, 11) is -1.57. The molecular formula is C23H30N2O3S. The van der Waals surface area contributed by atoms with Crippen LogP contribution in [0.4, 0.5) is 5.69 Å². The molecule has 0 aliphatic carbocycles. The third-order valence-corrected chi connectivity index (χ3v) is 7.64. The maximum Gasteiger partial charge on any atom is 0.253 e. The van der Waals surface area contributed by atoms with Crippen molar-refractivity contribution in [1.82, 2.24) is 4.90 Å². The van der Waals surface area contributed by atoms with Crippen molar-refractivity contribution in [2.45, 2.75) is 49.8 Å². The number of carbonyl (C=O) groups excluding carboxylic acids is 1. The number of hydrogen-bond acceptors (Lipinski definition) is 4. The Morgan fingerprint density at radius 1 is 0.966 bits per heavy atom. The summed E-state index contributed by atoms with van der Waals surface area (Å²) in [6, 6.07) is 14.6. The molecule has 0 atom stereocenters. The lowest BCUT2D eigenvalue weighted by molar-refractivity contribution is 0.0785. The highest BCUT2D eigenvalue weighted by Crippen LogP contribution is 2.21. The van der Waals surface area contributed by atoms with Gasteiger partial charge in [-0.2, -0.15) is 0 Å². The van der Waals surface area contributed by atoms with Gasteiger partial charge in [-0.3, -0.25) is 4.79 Å². The fourth-order valence-corrected chi connectivity index (χ4v) is 4.65. The van der Waals surface area contributed by atoms with Gasteiger partial charge in [0, 0.05) is 37.9 Å². The molecule has 6 heteroatoms. The molecule has 0 bridgehead atoms. The average Bonchev–Trinajstić information content (AvgIpc) is 2.74. The Balaban J connectivity index is 1.64. The van der Waals surface area contributed by atoms with Crippen molar-refractivity contribution in [2.75, 3.05) is 25.0 Å². The van der Waals surface area contributed by atoms with Crippen LogP contribution in [0.15, 0.2) is 53.4 Å². The maximum absolute atomic E-state index is 12.7. The van der Waals surface area contributed by atoms with E-state index in [1.807, 2.05) is 0 Å². The lowest BCUT2D eigenvalue weighted by Crippen LogP contribution is -2.29. The van der Waals surface area contributed by atoms with E-state index in [1.165, 1.54) is 37.1 Å². The molecule has 29 heavy (non-hydrogen) atoms. The van der Waals surface area contributed by atoms with Gasteiger partial charge >= 0.3 is 0 Å². The molecule has 1 fully saturated rings. The Labute approximate surface area is 174 Å². The Morgan fingerprint density at radius 2 is 1.55 bits per heavy atom. The topological polar surface area (TPSA) is 57.7 Å². The molecule has 1 amide bonds. The molecule has 1 aliphatic heterocycles. The van der Waals surface area contributed by atoms with E-state index in [0.29, 0.717) is 12.1 Å². The fourth-order valence-electron chi connectivity index (χ4n) is 3.59. The summed E-state index contributed by atoms with van der Waals surface area (Å²) in [4.78, 5) is 17.0. The average molecular weight is 415 g/mol. The van der Waals surface area contributed by atoms with Crippen molar-refractivity contribution < 1.29 is 13.2 Å². The van der Waals surface area contributed by atoms with Gasteiger partial charge in [-0.25, -0.2) is 8.42 Å². The molecular weight excluding hydrogens is 384 g/mol. The molecule has 1 aliphatic rings. The number of carbonyl (C=O) groups is 1. The zero-order chi connectivity index (χ0) is 21.0. The third kappa shape index (κ3) is 4.99. The van der Waals surface area contributed by atoms with Gasteiger partial charge in [0.1, 0.15) is 0 Å². The van der Waals surface area contributed by atoms with Crippen LogP contribution in [0.2, 0.25) is 0 Å². The molecule has 0 N–H and O–H groups in total. The first-order chi connectivity index (χ1) is 13.8. The van der Waals surface area contributed by atoms with Crippen LogP contribution in [-0.4, -0.2) is 44.6 Å². The highest BCUT2D eigenvalue weighted by Gasteiger charge is 2.20. The Hall–Kier alpha value is -2.34. The summed E-state index contributed by atoms with van der Waals surface area (Å²) in [5.74, 6) is -0.126. The minimum Gasteiger partial charge on any atom is -0.372 e. The predicted molar refractivity (Wildman–Crippen MR) is 117 cm³/mol. The lowest BCUT2D eigenvalue weighted by atomic mass is 10.1. The molecule has 2 aromatic rings. The van der Waals surface area contributed by atoms with E-state index < -0.39 is 15.1 Å². The van der Waals surface area contributed by atoms with Crippen LogP contribution in [0, 0.1) is 0 Å². The van der Waals surface area contributed by atoms with Crippen LogP contribution in [0.25, 0.3) is 0 Å². The summed E-state index contributed by atoms with van der Waals surface area (Å²) in [6.07, 6.45) is 3.80. The molecule has 0 spiro atoms. The highest BCUT2D eigenvalue weighted by molar-refractivity contribution is 7.92. The first-order valence-electron chi connectivity index (χ1n) is 10.2. The largest absolute Gasteiger partial charge is 0.372 e. The normalized spacial score (nSPS) is 14.8. The fraction of sp³-hybridized carbons (Fsp3) is 0.435. The Morgan fingerprint density at radius 3 is 2.10 bits per heavy atom. The smallest absolute Gasteiger partial charge is 0.253 e. The van der Waals surface area contributed by atoms with Gasteiger partial charge in [0.25, 0.3) is 5.91 Å². The van der Waals surface area contributed by atoms with Crippen molar-refractivity contribution in [3.8, 4) is 0 Å². The molecule has 3 rings (SSSR count). The van der Waals surface area contributed by atoms with E-state index in [-0.39, 0.29) is 10.8 Å². The predicted octanol–water partition coefficient (Wildman–Crippen LogP) is 4.13. The molecule has 0 aromatic heterocycles. The molecule has 0 unspecified atom stereocenters. The standard InChI is InChI=1S/C23H30N2O3S/c1-18(2)29(27,28)22-13-9-20(10-14-22)23(26)24(3)17-19-7-11-21(12-8-19)25-15-5-4-6-16-25/h7-14,18H,4-6,15-17H2,1-3H3. The summed E-state index contributed by atoms with van der Waals surface area (Å²) in [5.41, 5.74) is 2.80. The van der Waals surface area contributed by atoms with Gasteiger partial charge in [-0.1, -0.05) is 12.1 Å². The van der Waals surface area contributed by atoms with Crippen LogP contribution in [-0.2, 0) is 16.4 Å². The first-order valence-corrected chi connectivity index (χ1v) is 11.8. The van der Waals surface area contributed by atoms with Crippen LogP contribution < -0.4 is 4.90 Å². The van der Waals surface area contributed by atoms with E-state index in [2.05, 4.69) is 29.2 Å². The van der Waals surface area contributed by atoms with Crippen molar-refractivity contribution in [3.05, 3.63) is 59.7 Å². The number of anilines is 1. The second kappa shape index (κ2) is 8.99. The second-order valence-electron chi connectivity index (χ2n) is 7.99. The number of hydrogen-bond donors (Lipinski definition) is 0. The lowest BCUT2D eigenvalue weighted by Gasteiger charge is -2.29. The van der Waals surface area contributed by atoms with Crippen LogP contribution >= 0.6 is 0 Å². The van der Waals surface area contributed by atoms with E-state index >= 15 is 0 Å². The molecule has 0 radical (unpaired) electrons. The van der Waals surface area contributed by atoms with E-state index in [1.54, 1.807) is 37.9 Å². The molecule has 5 nitrogen and oxygen atoms in total. The quantitative estimate of drug-likeness (QED) is 0.713. The summed E-state index contributed by atoms with van der Waals surface area (Å²) >= 11 is 0. The zero-order valence-electron chi connectivity index (χ0n) is 17.5. The monoisotopic (exact) mass is 414 g/mol. The van der Waals surface area contributed by atoms with E-state index in [9.17, 15) is 13.2 Å². The molecule has 2 aromatic carbocycles. The van der Waals surface area contributed by atoms with Gasteiger partial charge < -0.3 is 9.80 Å². The van der Waals surface area contributed by atoms with Crippen LogP contribution in [0.3, 0.4) is 0 Å². The molecule has 0 saturated carbocycles. The molecule has 1 heterocycles. The van der Waals surface area contributed by atoms with Crippen molar-refractivity contribution in [1.29, 1.82) is 0 Å². The minimum absolute atomic E-state index is 0.126. The maximum atomic E-state index is 12.7.